The standard InChI is InChI=1S/C19H29N3O2/c1-3-4-5-18(23)22-14-9-17(10-15-22)19(24)21(2)13-8-16-6-11-20-12-7-16/h6-7,11-12,17H,3-5,8-10,13-15H2,1-2H3. The number of rotatable bonds is 7. The molecule has 1 aromatic rings. The lowest BCUT2D eigenvalue weighted by Crippen LogP contribution is -2.43. The summed E-state index contributed by atoms with van der Waals surface area (Å²) in [5.74, 6) is 0.515. The van der Waals surface area contributed by atoms with E-state index in [2.05, 4.69) is 11.9 Å². The van der Waals surface area contributed by atoms with E-state index in [4.69, 9.17) is 0 Å². The number of pyridine rings is 1. The van der Waals surface area contributed by atoms with Crippen molar-refractivity contribution >= 4 is 11.8 Å². The summed E-state index contributed by atoms with van der Waals surface area (Å²) in [5, 5.41) is 0. The number of hydrogen-bond donors (Lipinski definition) is 0. The zero-order chi connectivity index (χ0) is 17.4. The van der Waals surface area contributed by atoms with Crippen molar-refractivity contribution in [1.29, 1.82) is 0 Å². The van der Waals surface area contributed by atoms with Crippen LogP contribution in [0.25, 0.3) is 0 Å². The Morgan fingerprint density at radius 3 is 2.54 bits per heavy atom. The number of piperidine rings is 1. The van der Waals surface area contributed by atoms with Crippen molar-refractivity contribution in [1.82, 2.24) is 14.8 Å². The highest BCUT2D eigenvalue weighted by Gasteiger charge is 2.28. The van der Waals surface area contributed by atoms with Crippen molar-refractivity contribution in [3.05, 3.63) is 30.1 Å². The third kappa shape index (κ3) is 5.32. The second-order valence-electron chi connectivity index (χ2n) is 6.62. The van der Waals surface area contributed by atoms with E-state index < -0.39 is 0 Å². The smallest absolute Gasteiger partial charge is 0.225 e. The van der Waals surface area contributed by atoms with Gasteiger partial charge in [-0.25, -0.2) is 0 Å². The molecule has 0 aromatic carbocycles. The highest BCUT2D eigenvalue weighted by molar-refractivity contribution is 5.80. The summed E-state index contributed by atoms with van der Waals surface area (Å²) in [7, 11) is 1.88. The van der Waals surface area contributed by atoms with E-state index in [1.165, 1.54) is 5.56 Å². The summed E-state index contributed by atoms with van der Waals surface area (Å²) in [6.07, 6.45) is 8.62. The molecule has 1 aliphatic heterocycles. The summed E-state index contributed by atoms with van der Waals surface area (Å²) in [4.78, 5) is 32.4. The van der Waals surface area contributed by atoms with E-state index in [0.717, 1.165) is 51.7 Å². The number of hydrogen-bond acceptors (Lipinski definition) is 3. The molecule has 0 unspecified atom stereocenters. The number of carbonyl (C=O) groups is 2. The molecule has 0 bridgehead atoms. The molecule has 0 aliphatic carbocycles. The molecule has 1 aromatic heterocycles. The first kappa shape index (κ1) is 18.4. The van der Waals surface area contributed by atoms with Crippen LogP contribution >= 0.6 is 0 Å². The molecule has 1 fully saturated rings. The quantitative estimate of drug-likeness (QED) is 0.771. The maximum atomic E-state index is 12.6. The molecule has 2 amide bonds. The zero-order valence-electron chi connectivity index (χ0n) is 14.9. The van der Waals surface area contributed by atoms with E-state index >= 15 is 0 Å². The Kier molecular flexibility index (Phi) is 7.22. The largest absolute Gasteiger partial charge is 0.345 e. The number of amides is 2. The monoisotopic (exact) mass is 331 g/mol. The highest BCUT2D eigenvalue weighted by atomic mass is 16.2. The van der Waals surface area contributed by atoms with Crippen LogP contribution in [0.4, 0.5) is 0 Å². The van der Waals surface area contributed by atoms with Gasteiger partial charge in [-0.3, -0.25) is 14.6 Å². The molecule has 5 nitrogen and oxygen atoms in total. The molecule has 0 N–H and O–H groups in total. The van der Waals surface area contributed by atoms with E-state index in [-0.39, 0.29) is 17.7 Å². The maximum Gasteiger partial charge on any atom is 0.225 e. The summed E-state index contributed by atoms with van der Waals surface area (Å²) in [5.41, 5.74) is 1.20. The van der Waals surface area contributed by atoms with Crippen molar-refractivity contribution in [2.75, 3.05) is 26.7 Å². The molecule has 0 radical (unpaired) electrons. The van der Waals surface area contributed by atoms with Gasteiger partial charge in [-0.05, 0) is 43.4 Å². The van der Waals surface area contributed by atoms with Gasteiger partial charge in [-0.15, -0.1) is 0 Å². The Balaban J connectivity index is 1.74. The van der Waals surface area contributed by atoms with E-state index in [1.807, 2.05) is 29.0 Å². The number of likely N-dealkylation sites (tertiary alicyclic amines) is 1. The van der Waals surface area contributed by atoms with Gasteiger partial charge >= 0.3 is 0 Å². The van der Waals surface area contributed by atoms with Crippen molar-refractivity contribution in [2.45, 2.75) is 45.4 Å². The van der Waals surface area contributed by atoms with Gasteiger partial charge in [0.05, 0.1) is 0 Å². The summed E-state index contributed by atoms with van der Waals surface area (Å²) >= 11 is 0. The number of aromatic nitrogens is 1. The summed E-state index contributed by atoms with van der Waals surface area (Å²) < 4.78 is 0. The minimum absolute atomic E-state index is 0.0580. The molecule has 2 rings (SSSR count). The molecule has 0 spiro atoms. The number of nitrogens with zero attached hydrogens (tertiary/aromatic N) is 3. The van der Waals surface area contributed by atoms with Gasteiger partial charge in [-0.1, -0.05) is 13.3 Å². The minimum atomic E-state index is 0.0580. The highest BCUT2D eigenvalue weighted by Crippen LogP contribution is 2.20. The molecule has 2 heterocycles. The molecule has 1 saturated heterocycles. The Hall–Kier alpha value is -1.91. The van der Waals surface area contributed by atoms with Crippen LogP contribution < -0.4 is 0 Å². The van der Waals surface area contributed by atoms with Gasteiger partial charge in [0.1, 0.15) is 0 Å². The van der Waals surface area contributed by atoms with Crippen LogP contribution in [-0.4, -0.2) is 53.3 Å². The fraction of sp³-hybridized carbons (Fsp3) is 0.632. The van der Waals surface area contributed by atoms with E-state index in [0.29, 0.717) is 6.42 Å². The normalized spacial score (nSPS) is 15.3. The first-order valence-corrected chi connectivity index (χ1v) is 9.03. The molecular weight excluding hydrogens is 302 g/mol. The van der Waals surface area contributed by atoms with Crippen molar-refractivity contribution in [2.24, 2.45) is 5.92 Å². The van der Waals surface area contributed by atoms with Gasteiger partial charge in [0.15, 0.2) is 0 Å². The fourth-order valence-electron chi connectivity index (χ4n) is 3.13. The first-order valence-electron chi connectivity index (χ1n) is 9.03. The molecule has 5 heteroatoms. The average molecular weight is 331 g/mol. The average Bonchev–Trinajstić information content (AvgIpc) is 2.64. The van der Waals surface area contributed by atoms with Crippen LogP contribution in [0, 0.1) is 5.92 Å². The molecule has 132 valence electrons. The van der Waals surface area contributed by atoms with Crippen LogP contribution in [0.1, 0.15) is 44.6 Å². The van der Waals surface area contributed by atoms with Crippen molar-refractivity contribution in [3.8, 4) is 0 Å². The lowest BCUT2D eigenvalue weighted by atomic mass is 9.95. The predicted octanol–water partition coefficient (Wildman–Crippen LogP) is 2.51. The van der Waals surface area contributed by atoms with Crippen LogP contribution in [0.15, 0.2) is 24.5 Å². The molecule has 0 saturated carbocycles. The Labute approximate surface area is 145 Å². The Bertz CT molecular complexity index is 525. The second kappa shape index (κ2) is 9.40. The Morgan fingerprint density at radius 2 is 1.92 bits per heavy atom. The third-order valence-electron chi connectivity index (χ3n) is 4.80. The summed E-state index contributed by atoms with van der Waals surface area (Å²) in [6, 6.07) is 3.97. The van der Waals surface area contributed by atoms with Crippen LogP contribution in [0.3, 0.4) is 0 Å². The van der Waals surface area contributed by atoms with Crippen molar-refractivity contribution in [3.63, 3.8) is 0 Å². The molecule has 0 atom stereocenters. The zero-order valence-corrected chi connectivity index (χ0v) is 14.9. The number of unbranched alkanes of at least 4 members (excludes halogenated alkanes) is 1. The van der Waals surface area contributed by atoms with Gasteiger partial charge in [0.25, 0.3) is 0 Å². The van der Waals surface area contributed by atoms with Crippen LogP contribution in [0.5, 0.6) is 0 Å². The summed E-state index contributed by atoms with van der Waals surface area (Å²) in [6.45, 7) is 4.26. The predicted molar refractivity (Wildman–Crippen MR) is 94.4 cm³/mol. The topological polar surface area (TPSA) is 53.5 Å². The minimum Gasteiger partial charge on any atom is -0.345 e. The third-order valence-corrected chi connectivity index (χ3v) is 4.80. The lowest BCUT2D eigenvalue weighted by molar-refractivity contribution is -0.139. The maximum absolute atomic E-state index is 12.6. The SMILES string of the molecule is CCCCC(=O)N1CCC(C(=O)N(C)CCc2ccncc2)CC1. The lowest BCUT2D eigenvalue weighted by Gasteiger charge is -2.33. The number of likely N-dealkylation sites (N-methyl/N-ethyl adjacent to an activating group) is 1. The molecule has 1 aliphatic rings. The number of carbonyl (C=O) groups excluding carboxylic acids is 2. The van der Waals surface area contributed by atoms with Gasteiger partial charge < -0.3 is 9.80 Å². The van der Waals surface area contributed by atoms with Gasteiger partial charge in [0, 0.05) is 51.4 Å². The fourth-order valence-corrected chi connectivity index (χ4v) is 3.13. The first-order chi connectivity index (χ1) is 11.6. The van der Waals surface area contributed by atoms with Gasteiger partial charge in [0.2, 0.25) is 11.8 Å². The van der Waals surface area contributed by atoms with Crippen LogP contribution in [-0.2, 0) is 16.0 Å². The Morgan fingerprint density at radius 1 is 1.25 bits per heavy atom. The molecule has 24 heavy (non-hydrogen) atoms. The van der Waals surface area contributed by atoms with Crippen molar-refractivity contribution < 1.29 is 9.59 Å². The molecular formula is C19H29N3O2. The second-order valence-corrected chi connectivity index (χ2v) is 6.62. The van der Waals surface area contributed by atoms with E-state index in [9.17, 15) is 9.59 Å². The van der Waals surface area contributed by atoms with Crippen LogP contribution in [0.2, 0.25) is 0 Å². The van der Waals surface area contributed by atoms with E-state index in [1.54, 1.807) is 12.4 Å². The van der Waals surface area contributed by atoms with Gasteiger partial charge in [-0.2, -0.15) is 0 Å².